The van der Waals surface area contributed by atoms with Crippen LogP contribution in [0.25, 0.3) is 0 Å². The molecule has 0 aromatic rings. The van der Waals surface area contributed by atoms with Crippen LogP contribution in [-0.4, -0.2) is 11.2 Å². The van der Waals surface area contributed by atoms with Gasteiger partial charge in [0.25, 0.3) is 0 Å². The van der Waals surface area contributed by atoms with Crippen LogP contribution in [0, 0.1) is 28.6 Å². The lowest BCUT2D eigenvalue weighted by molar-refractivity contribution is 0.0875. The molecule has 1 N–H and O–H groups in total. The average molecular weight is 383 g/mol. The highest BCUT2D eigenvalue weighted by Crippen LogP contribution is 2.64. The standard InChI is InChI=1S/C27H42O/c1-18(2)7-6-8-19(3)23-11-12-24-22-10-9-20-17-21(28)13-15-26(20,4)25(22)14-16-27(23,24)5/h7,9,19,21,23-24,28H,6,8,10-17H2,1-5H3/t19?,21-,23?,24?,26-,27+/m0/s1. The summed E-state index contributed by atoms with van der Waals surface area (Å²) in [6.07, 6.45) is 17.2. The largest absolute Gasteiger partial charge is 0.393 e. The third kappa shape index (κ3) is 3.26. The minimum absolute atomic E-state index is 0.104. The molecule has 0 amide bonds. The van der Waals surface area contributed by atoms with Gasteiger partial charge in [-0.05, 0) is 101 Å². The molecule has 4 rings (SSSR count). The summed E-state index contributed by atoms with van der Waals surface area (Å²) in [5.74, 6) is 2.54. The number of hydrogen-bond acceptors (Lipinski definition) is 1. The number of aliphatic hydroxyl groups is 1. The van der Waals surface area contributed by atoms with Gasteiger partial charge >= 0.3 is 0 Å². The molecule has 1 nitrogen and oxygen atoms in total. The van der Waals surface area contributed by atoms with E-state index >= 15 is 0 Å². The molecule has 4 aliphatic rings. The molecule has 4 aliphatic carbocycles. The minimum Gasteiger partial charge on any atom is -0.393 e. The molecule has 156 valence electrons. The molecular weight excluding hydrogens is 340 g/mol. The predicted molar refractivity (Wildman–Crippen MR) is 119 cm³/mol. The number of aliphatic hydroxyl groups excluding tert-OH is 1. The topological polar surface area (TPSA) is 20.2 Å². The van der Waals surface area contributed by atoms with E-state index in [0.717, 1.165) is 37.0 Å². The molecule has 2 fully saturated rings. The maximum absolute atomic E-state index is 10.2. The lowest BCUT2D eigenvalue weighted by Crippen LogP contribution is -2.41. The fourth-order valence-electron chi connectivity index (χ4n) is 7.71. The summed E-state index contributed by atoms with van der Waals surface area (Å²) in [6, 6.07) is 0. The van der Waals surface area contributed by atoms with Crippen molar-refractivity contribution in [2.24, 2.45) is 28.6 Å². The Balaban J connectivity index is 1.55. The Morgan fingerprint density at radius 3 is 2.75 bits per heavy atom. The first-order valence-corrected chi connectivity index (χ1v) is 12.0. The number of hydrogen-bond donors (Lipinski definition) is 1. The molecule has 0 aromatic carbocycles. The van der Waals surface area contributed by atoms with Crippen molar-refractivity contribution >= 4 is 0 Å². The van der Waals surface area contributed by atoms with Crippen LogP contribution in [-0.2, 0) is 0 Å². The van der Waals surface area contributed by atoms with E-state index in [4.69, 9.17) is 0 Å². The zero-order valence-corrected chi connectivity index (χ0v) is 19.0. The van der Waals surface area contributed by atoms with E-state index in [2.05, 4.69) is 46.8 Å². The van der Waals surface area contributed by atoms with E-state index in [-0.39, 0.29) is 11.5 Å². The van der Waals surface area contributed by atoms with E-state index in [0.29, 0.717) is 5.41 Å². The van der Waals surface area contributed by atoms with Crippen LogP contribution in [0.4, 0.5) is 0 Å². The predicted octanol–water partition coefficient (Wildman–Crippen LogP) is 7.37. The maximum atomic E-state index is 10.2. The molecule has 0 saturated heterocycles. The molecule has 0 spiro atoms. The third-order valence-electron chi connectivity index (χ3n) is 9.37. The number of rotatable bonds is 4. The first kappa shape index (κ1) is 20.5. The smallest absolute Gasteiger partial charge is 0.0578 e. The van der Waals surface area contributed by atoms with Crippen LogP contribution in [0.3, 0.4) is 0 Å². The third-order valence-corrected chi connectivity index (χ3v) is 9.37. The lowest BCUT2D eigenvalue weighted by atomic mass is 9.53. The van der Waals surface area contributed by atoms with Crippen molar-refractivity contribution in [3.63, 3.8) is 0 Å². The van der Waals surface area contributed by atoms with Crippen LogP contribution in [0.2, 0.25) is 0 Å². The Labute approximate surface area is 173 Å². The van der Waals surface area contributed by atoms with Gasteiger partial charge in [-0.3, -0.25) is 0 Å². The second kappa shape index (κ2) is 7.46. The van der Waals surface area contributed by atoms with Crippen molar-refractivity contribution in [3.8, 4) is 0 Å². The quantitative estimate of drug-likeness (QED) is 0.503. The Kier molecular flexibility index (Phi) is 5.45. The van der Waals surface area contributed by atoms with Crippen molar-refractivity contribution in [1.29, 1.82) is 0 Å². The molecule has 0 aliphatic heterocycles. The molecule has 6 atom stereocenters. The molecule has 2 saturated carbocycles. The van der Waals surface area contributed by atoms with E-state index in [1.165, 1.54) is 50.5 Å². The first-order chi connectivity index (χ1) is 13.3. The molecule has 0 bridgehead atoms. The summed E-state index contributed by atoms with van der Waals surface area (Å²) in [6.45, 7) is 12.1. The Morgan fingerprint density at radius 1 is 1.21 bits per heavy atom. The Hall–Kier alpha value is -0.820. The lowest BCUT2D eigenvalue weighted by Gasteiger charge is -2.52. The van der Waals surface area contributed by atoms with Gasteiger partial charge in [0.05, 0.1) is 6.10 Å². The van der Waals surface area contributed by atoms with E-state index < -0.39 is 0 Å². The zero-order chi connectivity index (χ0) is 20.1. The second-order valence-electron chi connectivity index (χ2n) is 11.2. The fraction of sp³-hybridized carbons (Fsp3) is 0.778. The van der Waals surface area contributed by atoms with Crippen molar-refractivity contribution in [2.45, 2.75) is 105 Å². The van der Waals surface area contributed by atoms with Gasteiger partial charge in [0, 0.05) is 5.41 Å². The van der Waals surface area contributed by atoms with Gasteiger partial charge in [0.2, 0.25) is 0 Å². The average Bonchev–Trinajstić information content (AvgIpc) is 2.99. The van der Waals surface area contributed by atoms with Crippen LogP contribution in [0.15, 0.2) is 34.4 Å². The van der Waals surface area contributed by atoms with Crippen molar-refractivity contribution in [3.05, 3.63) is 34.4 Å². The van der Waals surface area contributed by atoms with Gasteiger partial charge in [0.15, 0.2) is 0 Å². The summed E-state index contributed by atoms with van der Waals surface area (Å²) in [5.41, 5.74) is 7.43. The summed E-state index contributed by atoms with van der Waals surface area (Å²) in [7, 11) is 0. The summed E-state index contributed by atoms with van der Waals surface area (Å²) in [5, 5.41) is 10.2. The molecule has 0 aromatic heterocycles. The van der Waals surface area contributed by atoms with E-state index in [1.54, 1.807) is 11.1 Å². The highest BCUT2D eigenvalue weighted by atomic mass is 16.3. The normalized spacial score (nSPS) is 40.9. The van der Waals surface area contributed by atoms with Crippen molar-refractivity contribution < 1.29 is 5.11 Å². The van der Waals surface area contributed by atoms with E-state index in [9.17, 15) is 5.11 Å². The minimum atomic E-state index is -0.104. The highest BCUT2D eigenvalue weighted by Gasteiger charge is 2.54. The van der Waals surface area contributed by atoms with Crippen LogP contribution < -0.4 is 0 Å². The van der Waals surface area contributed by atoms with Gasteiger partial charge in [-0.15, -0.1) is 0 Å². The van der Waals surface area contributed by atoms with Crippen LogP contribution in [0.5, 0.6) is 0 Å². The molecule has 0 radical (unpaired) electrons. The van der Waals surface area contributed by atoms with Gasteiger partial charge in [0.1, 0.15) is 0 Å². The number of allylic oxidation sites excluding steroid dienone is 5. The first-order valence-electron chi connectivity index (χ1n) is 12.0. The summed E-state index contributed by atoms with van der Waals surface area (Å²) in [4.78, 5) is 0. The molecule has 0 heterocycles. The van der Waals surface area contributed by atoms with Gasteiger partial charge in [-0.1, -0.05) is 55.2 Å². The Morgan fingerprint density at radius 2 is 2.00 bits per heavy atom. The van der Waals surface area contributed by atoms with Gasteiger partial charge in [-0.25, -0.2) is 0 Å². The fourth-order valence-corrected chi connectivity index (χ4v) is 7.71. The second-order valence-corrected chi connectivity index (χ2v) is 11.2. The number of fused-ring (bicyclic) bond motifs is 4. The zero-order valence-electron chi connectivity index (χ0n) is 19.0. The van der Waals surface area contributed by atoms with Gasteiger partial charge < -0.3 is 5.11 Å². The molecule has 28 heavy (non-hydrogen) atoms. The molecule has 3 unspecified atom stereocenters. The Bertz CT molecular complexity index is 706. The van der Waals surface area contributed by atoms with Crippen LogP contribution >= 0.6 is 0 Å². The molecule has 1 heteroatoms. The van der Waals surface area contributed by atoms with Gasteiger partial charge in [-0.2, -0.15) is 0 Å². The molecular formula is C27H42O. The maximum Gasteiger partial charge on any atom is 0.0578 e. The van der Waals surface area contributed by atoms with Crippen molar-refractivity contribution in [1.82, 2.24) is 0 Å². The van der Waals surface area contributed by atoms with E-state index in [1.807, 2.05) is 5.57 Å². The summed E-state index contributed by atoms with van der Waals surface area (Å²) < 4.78 is 0. The summed E-state index contributed by atoms with van der Waals surface area (Å²) >= 11 is 0. The monoisotopic (exact) mass is 382 g/mol. The highest BCUT2D eigenvalue weighted by molar-refractivity contribution is 5.43. The SMILES string of the molecule is CC(C)=CCCC(C)C1CCC2C3=C(CC[C@@]21C)[C@@]1(C)CC[C@H](O)CC1=CC3. The van der Waals surface area contributed by atoms with Crippen LogP contribution in [0.1, 0.15) is 98.8 Å². The van der Waals surface area contributed by atoms with Crippen molar-refractivity contribution in [2.75, 3.05) is 0 Å².